The zero-order chi connectivity index (χ0) is 13.7. The Morgan fingerprint density at radius 2 is 2.17 bits per heavy atom. The summed E-state index contributed by atoms with van der Waals surface area (Å²) in [4.78, 5) is 11.1. The third-order valence-electron chi connectivity index (χ3n) is 2.43. The number of anilines is 1. The van der Waals surface area contributed by atoms with Crippen LogP contribution in [0.5, 0.6) is 0 Å². The number of carbonyl (C=O) groups is 1. The van der Waals surface area contributed by atoms with Crippen LogP contribution in [0.4, 0.5) is 10.1 Å². The highest BCUT2D eigenvalue weighted by atomic mass is 19.1. The highest BCUT2D eigenvalue weighted by molar-refractivity contribution is 5.70. The average Bonchev–Trinajstić information content (AvgIpc) is 2.28. The number of hydrogen-bond acceptors (Lipinski definition) is 5. The van der Waals surface area contributed by atoms with Crippen molar-refractivity contribution < 1.29 is 24.1 Å². The van der Waals surface area contributed by atoms with Gasteiger partial charge in [-0.3, -0.25) is 4.79 Å². The molecule has 1 aromatic carbocycles. The van der Waals surface area contributed by atoms with E-state index in [0.717, 1.165) is 6.07 Å². The molecule has 2 unspecified atom stereocenters. The molecule has 0 aliphatic carbocycles. The second-order valence-electron chi connectivity index (χ2n) is 3.76. The highest BCUT2D eigenvalue weighted by Gasteiger charge is 2.26. The lowest BCUT2D eigenvalue weighted by atomic mass is 10.00. The number of rotatable bonds is 5. The monoisotopic (exact) mass is 257 g/mol. The molecule has 0 spiro atoms. The molecule has 0 radical (unpaired) electrons. The number of nitrogens with two attached hydrogens (primary N) is 1. The first-order chi connectivity index (χ1) is 8.47. The van der Waals surface area contributed by atoms with Gasteiger partial charge in [0.15, 0.2) is 0 Å². The zero-order valence-corrected chi connectivity index (χ0v) is 9.97. The normalized spacial score (nSPS) is 14.0. The largest absolute Gasteiger partial charge is 0.466 e. The number of halogens is 1. The van der Waals surface area contributed by atoms with E-state index in [1.807, 2.05) is 0 Å². The first kappa shape index (κ1) is 14.4. The number of benzene rings is 1. The first-order valence-electron chi connectivity index (χ1n) is 5.53. The Bertz CT molecular complexity index is 404. The van der Waals surface area contributed by atoms with Gasteiger partial charge >= 0.3 is 5.97 Å². The van der Waals surface area contributed by atoms with Crippen molar-refractivity contribution in [1.82, 2.24) is 0 Å². The van der Waals surface area contributed by atoms with Crippen LogP contribution in [0.2, 0.25) is 0 Å². The Morgan fingerprint density at radius 1 is 1.50 bits per heavy atom. The summed E-state index contributed by atoms with van der Waals surface area (Å²) in [5.74, 6) is -1.40. The van der Waals surface area contributed by atoms with Crippen LogP contribution >= 0.6 is 0 Å². The molecular formula is C12H16FNO4. The molecule has 5 nitrogen and oxygen atoms in total. The van der Waals surface area contributed by atoms with Crippen LogP contribution in [0.25, 0.3) is 0 Å². The van der Waals surface area contributed by atoms with Crippen molar-refractivity contribution in [2.24, 2.45) is 0 Å². The second kappa shape index (κ2) is 6.32. The van der Waals surface area contributed by atoms with Crippen molar-refractivity contribution in [2.45, 2.75) is 25.6 Å². The minimum atomic E-state index is -1.57. The van der Waals surface area contributed by atoms with Crippen LogP contribution in [0, 0.1) is 5.82 Å². The van der Waals surface area contributed by atoms with E-state index in [0.29, 0.717) is 0 Å². The molecule has 0 saturated carbocycles. The molecule has 100 valence electrons. The maximum absolute atomic E-state index is 13.5. The number of aliphatic hydroxyl groups excluding tert-OH is 2. The van der Waals surface area contributed by atoms with E-state index in [1.54, 1.807) is 6.92 Å². The average molecular weight is 257 g/mol. The molecule has 0 bridgehead atoms. The Hall–Kier alpha value is -1.66. The molecule has 18 heavy (non-hydrogen) atoms. The minimum absolute atomic E-state index is 0.0189. The minimum Gasteiger partial charge on any atom is -0.466 e. The van der Waals surface area contributed by atoms with E-state index in [9.17, 15) is 19.4 Å². The predicted octanol–water partition coefficient (Wildman–Crippen LogP) is 0.755. The van der Waals surface area contributed by atoms with Gasteiger partial charge in [0.05, 0.1) is 19.1 Å². The van der Waals surface area contributed by atoms with Gasteiger partial charge in [0.25, 0.3) is 0 Å². The lowest BCUT2D eigenvalue weighted by molar-refractivity contribution is -0.147. The number of aliphatic hydroxyl groups is 2. The van der Waals surface area contributed by atoms with E-state index in [4.69, 9.17) is 5.73 Å². The molecule has 0 aliphatic heterocycles. The van der Waals surface area contributed by atoms with Gasteiger partial charge in [-0.2, -0.15) is 0 Å². The Kier molecular flexibility index (Phi) is 5.06. The lowest BCUT2D eigenvalue weighted by Gasteiger charge is -2.19. The summed E-state index contributed by atoms with van der Waals surface area (Å²) in [6, 6.07) is 3.91. The van der Waals surface area contributed by atoms with E-state index >= 15 is 0 Å². The molecule has 0 heterocycles. The van der Waals surface area contributed by atoms with E-state index < -0.39 is 30.4 Å². The van der Waals surface area contributed by atoms with Crippen LogP contribution < -0.4 is 5.73 Å². The number of hydrogen-bond donors (Lipinski definition) is 3. The molecular weight excluding hydrogens is 241 g/mol. The first-order valence-corrected chi connectivity index (χ1v) is 5.53. The van der Waals surface area contributed by atoms with Gasteiger partial charge < -0.3 is 20.7 Å². The summed E-state index contributed by atoms with van der Waals surface area (Å²) >= 11 is 0. The number of nitrogen functional groups attached to an aromatic ring is 1. The van der Waals surface area contributed by atoms with Gasteiger partial charge in [-0.05, 0) is 19.1 Å². The molecule has 0 saturated heterocycles. The van der Waals surface area contributed by atoms with Crippen molar-refractivity contribution in [3.05, 3.63) is 29.6 Å². The number of esters is 1. The van der Waals surface area contributed by atoms with Crippen molar-refractivity contribution in [1.29, 1.82) is 0 Å². The fourth-order valence-corrected chi connectivity index (χ4v) is 1.56. The van der Waals surface area contributed by atoms with Crippen molar-refractivity contribution in [3.63, 3.8) is 0 Å². The summed E-state index contributed by atoms with van der Waals surface area (Å²) in [6.07, 6.45) is -3.47. The maximum atomic E-state index is 13.5. The van der Waals surface area contributed by atoms with Gasteiger partial charge in [-0.25, -0.2) is 4.39 Å². The summed E-state index contributed by atoms with van der Waals surface area (Å²) in [7, 11) is 0. The topological polar surface area (TPSA) is 92.8 Å². The van der Waals surface area contributed by atoms with Crippen LogP contribution in [-0.2, 0) is 9.53 Å². The Morgan fingerprint density at radius 3 is 2.72 bits per heavy atom. The molecule has 2 atom stereocenters. The Labute approximate surface area is 104 Å². The molecule has 6 heteroatoms. The molecule has 0 aliphatic rings. The van der Waals surface area contributed by atoms with Gasteiger partial charge in [0.2, 0.25) is 0 Å². The molecule has 0 fully saturated rings. The quantitative estimate of drug-likeness (QED) is 0.535. The second-order valence-corrected chi connectivity index (χ2v) is 3.76. The maximum Gasteiger partial charge on any atom is 0.308 e. The standard InChI is InChI=1S/C12H16FNO4/c1-2-18-10(16)6-9(15)12(17)11-7(13)4-3-5-8(11)14/h3-5,9,12,15,17H,2,6,14H2,1H3. The fourth-order valence-electron chi connectivity index (χ4n) is 1.56. The van der Waals surface area contributed by atoms with Crippen LogP contribution in [0.3, 0.4) is 0 Å². The van der Waals surface area contributed by atoms with Crippen molar-refractivity contribution in [3.8, 4) is 0 Å². The number of ether oxygens (including phenoxy) is 1. The molecule has 1 rings (SSSR count). The zero-order valence-electron chi connectivity index (χ0n) is 9.97. The molecule has 4 N–H and O–H groups in total. The molecule has 0 aromatic heterocycles. The van der Waals surface area contributed by atoms with Gasteiger partial charge in [-0.1, -0.05) is 6.07 Å². The van der Waals surface area contributed by atoms with Gasteiger partial charge in [0.1, 0.15) is 11.9 Å². The smallest absolute Gasteiger partial charge is 0.308 e. The SMILES string of the molecule is CCOC(=O)CC(O)C(O)c1c(N)cccc1F. The summed E-state index contributed by atoms with van der Waals surface area (Å²) in [6.45, 7) is 1.79. The molecule has 1 aromatic rings. The van der Waals surface area contributed by atoms with E-state index in [2.05, 4.69) is 4.74 Å². The summed E-state index contributed by atoms with van der Waals surface area (Å²) in [5, 5.41) is 19.4. The lowest BCUT2D eigenvalue weighted by Crippen LogP contribution is -2.24. The van der Waals surface area contributed by atoms with Gasteiger partial charge in [0, 0.05) is 11.3 Å². The van der Waals surface area contributed by atoms with E-state index in [-0.39, 0.29) is 17.9 Å². The third kappa shape index (κ3) is 3.41. The van der Waals surface area contributed by atoms with Crippen LogP contribution in [-0.4, -0.2) is 28.9 Å². The van der Waals surface area contributed by atoms with Crippen molar-refractivity contribution in [2.75, 3.05) is 12.3 Å². The summed E-state index contributed by atoms with van der Waals surface area (Å²) < 4.78 is 18.1. The predicted molar refractivity (Wildman–Crippen MR) is 63.0 cm³/mol. The number of carbonyl (C=O) groups excluding carboxylic acids is 1. The van der Waals surface area contributed by atoms with Crippen LogP contribution in [0.15, 0.2) is 18.2 Å². The van der Waals surface area contributed by atoms with E-state index in [1.165, 1.54) is 12.1 Å². The Balaban J connectivity index is 2.80. The highest BCUT2D eigenvalue weighted by Crippen LogP contribution is 2.27. The molecule has 0 amide bonds. The summed E-state index contributed by atoms with van der Waals surface area (Å²) in [5.41, 5.74) is 5.33. The van der Waals surface area contributed by atoms with Crippen molar-refractivity contribution >= 4 is 11.7 Å². The van der Waals surface area contributed by atoms with Crippen LogP contribution in [0.1, 0.15) is 25.0 Å². The fraction of sp³-hybridized carbons (Fsp3) is 0.417. The third-order valence-corrected chi connectivity index (χ3v) is 2.43. The van der Waals surface area contributed by atoms with Gasteiger partial charge in [-0.15, -0.1) is 0 Å².